The molecular formula is C18H19BrN2. The maximum absolute atomic E-state index is 3.60. The highest BCUT2D eigenvalue weighted by molar-refractivity contribution is 9.10. The Morgan fingerprint density at radius 3 is 2.48 bits per heavy atom. The summed E-state index contributed by atoms with van der Waals surface area (Å²) in [5.74, 6) is 0. The highest BCUT2D eigenvalue weighted by Gasteiger charge is 2.08. The smallest absolute Gasteiger partial charge is 0.0481 e. The molecular weight excluding hydrogens is 324 g/mol. The Morgan fingerprint density at radius 1 is 1.10 bits per heavy atom. The van der Waals surface area contributed by atoms with Crippen LogP contribution in [0.15, 0.2) is 47.1 Å². The SMILES string of the molecule is Cc1cc(Br)cc(C)c1NCc1cn(C)c2ccccc12. The van der Waals surface area contributed by atoms with E-state index in [-0.39, 0.29) is 0 Å². The minimum atomic E-state index is 0.838. The Bertz CT molecular complexity index is 779. The van der Waals surface area contributed by atoms with E-state index in [1.807, 2.05) is 0 Å². The van der Waals surface area contributed by atoms with Crippen LogP contribution in [0.4, 0.5) is 5.69 Å². The number of halogens is 1. The zero-order valence-electron chi connectivity index (χ0n) is 12.6. The van der Waals surface area contributed by atoms with Gasteiger partial charge in [0.05, 0.1) is 0 Å². The van der Waals surface area contributed by atoms with Gasteiger partial charge in [0.1, 0.15) is 0 Å². The van der Waals surface area contributed by atoms with Crippen molar-refractivity contribution in [2.75, 3.05) is 5.32 Å². The number of rotatable bonds is 3. The number of nitrogens with zero attached hydrogens (tertiary/aromatic N) is 1. The van der Waals surface area contributed by atoms with Crippen LogP contribution in [0.3, 0.4) is 0 Å². The first-order valence-electron chi connectivity index (χ1n) is 7.10. The van der Waals surface area contributed by atoms with Gasteiger partial charge < -0.3 is 9.88 Å². The minimum Gasteiger partial charge on any atom is -0.380 e. The molecule has 1 N–H and O–H groups in total. The molecule has 0 saturated carbocycles. The van der Waals surface area contributed by atoms with Gasteiger partial charge in [-0.25, -0.2) is 0 Å². The molecule has 2 aromatic carbocycles. The van der Waals surface area contributed by atoms with E-state index < -0.39 is 0 Å². The highest BCUT2D eigenvalue weighted by Crippen LogP contribution is 2.27. The van der Waals surface area contributed by atoms with E-state index in [9.17, 15) is 0 Å². The van der Waals surface area contributed by atoms with Crippen LogP contribution in [-0.2, 0) is 13.6 Å². The van der Waals surface area contributed by atoms with E-state index in [2.05, 4.69) is 89.3 Å². The lowest BCUT2D eigenvalue weighted by Crippen LogP contribution is -2.02. The van der Waals surface area contributed by atoms with Gasteiger partial charge in [0.15, 0.2) is 0 Å². The van der Waals surface area contributed by atoms with E-state index in [1.165, 1.54) is 33.3 Å². The second-order valence-corrected chi connectivity index (χ2v) is 6.47. The van der Waals surface area contributed by atoms with Crippen LogP contribution < -0.4 is 5.32 Å². The molecule has 0 bridgehead atoms. The van der Waals surface area contributed by atoms with Crippen molar-refractivity contribution in [2.45, 2.75) is 20.4 Å². The number of anilines is 1. The summed E-state index contributed by atoms with van der Waals surface area (Å²) in [6, 6.07) is 12.8. The van der Waals surface area contributed by atoms with Gasteiger partial charge >= 0.3 is 0 Å². The van der Waals surface area contributed by atoms with Crippen LogP contribution in [0, 0.1) is 13.8 Å². The topological polar surface area (TPSA) is 17.0 Å². The summed E-state index contributed by atoms with van der Waals surface area (Å²) in [6.45, 7) is 5.12. The van der Waals surface area contributed by atoms with Crippen molar-refractivity contribution in [1.29, 1.82) is 0 Å². The summed E-state index contributed by atoms with van der Waals surface area (Å²) in [4.78, 5) is 0. The first kappa shape index (κ1) is 14.2. The number of nitrogens with one attached hydrogen (secondary N) is 1. The Kier molecular flexibility index (Phi) is 3.77. The van der Waals surface area contributed by atoms with Crippen molar-refractivity contribution in [2.24, 2.45) is 7.05 Å². The van der Waals surface area contributed by atoms with Gasteiger partial charge in [0.25, 0.3) is 0 Å². The second kappa shape index (κ2) is 5.57. The Hall–Kier alpha value is -1.74. The van der Waals surface area contributed by atoms with Crippen molar-refractivity contribution in [3.8, 4) is 0 Å². The van der Waals surface area contributed by atoms with Gasteiger partial charge in [0.2, 0.25) is 0 Å². The highest BCUT2D eigenvalue weighted by atomic mass is 79.9. The molecule has 0 aliphatic heterocycles. The normalized spacial score (nSPS) is 11.0. The van der Waals surface area contributed by atoms with Crippen molar-refractivity contribution < 1.29 is 0 Å². The Morgan fingerprint density at radius 2 is 1.76 bits per heavy atom. The molecule has 0 fully saturated rings. The lowest BCUT2D eigenvalue weighted by atomic mass is 10.1. The summed E-state index contributed by atoms with van der Waals surface area (Å²) >= 11 is 3.55. The average molecular weight is 343 g/mol. The second-order valence-electron chi connectivity index (χ2n) is 5.55. The average Bonchev–Trinajstić information content (AvgIpc) is 2.75. The number of hydrogen-bond donors (Lipinski definition) is 1. The molecule has 0 aliphatic rings. The number of aromatic nitrogens is 1. The fraction of sp³-hybridized carbons (Fsp3) is 0.222. The number of aryl methyl sites for hydroxylation is 3. The molecule has 2 nitrogen and oxygen atoms in total. The molecule has 0 spiro atoms. The summed E-state index contributed by atoms with van der Waals surface area (Å²) < 4.78 is 3.32. The maximum atomic E-state index is 3.60. The molecule has 3 aromatic rings. The summed E-state index contributed by atoms with van der Waals surface area (Å²) in [7, 11) is 2.10. The van der Waals surface area contributed by atoms with E-state index in [0.29, 0.717) is 0 Å². The van der Waals surface area contributed by atoms with E-state index in [1.54, 1.807) is 0 Å². The van der Waals surface area contributed by atoms with Crippen LogP contribution in [0.1, 0.15) is 16.7 Å². The van der Waals surface area contributed by atoms with Crippen molar-refractivity contribution in [1.82, 2.24) is 4.57 Å². The summed E-state index contributed by atoms with van der Waals surface area (Å²) in [6.07, 6.45) is 2.21. The molecule has 0 saturated heterocycles. The maximum Gasteiger partial charge on any atom is 0.0481 e. The van der Waals surface area contributed by atoms with Crippen LogP contribution >= 0.6 is 15.9 Å². The largest absolute Gasteiger partial charge is 0.380 e. The molecule has 3 rings (SSSR count). The third-order valence-electron chi connectivity index (χ3n) is 3.93. The molecule has 0 amide bonds. The summed E-state index contributed by atoms with van der Waals surface area (Å²) in [5, 5.41) is 4.92. The zero-order chi connectivity index (χ0) is 15.0. The third kappa shape index (κ3) is 2.70. The molecule has 21 heavy (non-hydrogen) atoms. The predicted molar refractivity (Wildman–Crippen MR) is 93.9 cm³/mol. The number of hydrogen-bond acceptors (Lipinski definition) is 1. The van der Waals surface area contributed by atoms with Crippen molar-refractivity contribution >= 4 is 32.5 Å². The minimum absolute atomic E-state index is 0.838. The standard InChI is InChI=1S/C18H19BrN2/c1-12-8-15(19)9-13(2)18(12)20-10-14-11-21(3)17-7-5-4-6-16(14)17/h4-9,11,20H,10H2,1-3H3. The number of para-hydroxylation sites is 1. The molecule has 0 radical (unpaired) electrons. The predicted octanol–water partition coefficient (Wildman–Crippen LogP) is 5.17. The first-order chi connectivity index (χ1) is 10.1. The van der Waals surface area contributed by atoms with Gasteiger partial charge in [-0.1, -0.05) is 34.1 Å². The first-order valence-corrected chi connectivity index (χ1v) is 7.89. The van der Waals surface area contributed by atoms with Gasteiger partial charge in [-0.2, -0.15) is 0 Å². The van der Waals surface area contributed by atoms with Crippen LogP contribution in [0.5, 0.6) is 0 Å². The molecule has 1 heterocycles. The van der Waals surface area contributed by atoms with E-state index in [0.717, 1.165) is 11.0 Å². The molecule has 0 unspecified atom stereocenters. The molecule has 3 heteroatoms. The van der Waals surface area contributed by atoms with Crippen LogP contribution in [-0.4, -0.2) is 4.57 Å². The molecule has 108 valence electrons. The fourth-order valence-corrected chi connectivity index (χ4v) is 3.63. The number of benzene rings is 2. The van der Waals surface area contributed by atoms with E-state index in [4.69, 9.17) is 0 Å². The monoisotopic (exact) mass is 342 g/mol. The molecule has 0 atom stereocenters. The third-order valence-corrected chi connectivity index (χ3v) is 4.39. The van der Waals surface area contributed by atoms with Gasteiger partial charge in [-0.15, -0.1) is 0 Å². The Labute approximate surface area is 133 Å². The lowest BCUT2D eigenvalue weighted by molar-refractivity contribution is 0.955. The number of fused-ring (bicyclic) bond motifs is 1. The van der Waals surface area contributed by atoms with Gasteiger partial charge in [-0.05, 0) is 48.7 Å². The van der Waals surface area contributed by atoms with Gasteiger partial charge in [-0.3, -0.25) is 0 Å². The fourth-order valence-electron chi connectivity index (χ4n) is 2.94. The zero-order valence-corrected chi connectivity index (χ0v) is 14.2. The van der Waals surface area contributed by atoms with Gasteiger partial charge in [0, 0.05) is 40.9 Å². The molecule has 1 aromatic heterocycles. The Balaban J connectivity index is 1.91. The van der Waals surface area contributed by atoms with Crippen LogP contribution in [0.2, 0.25) is 0 Å². The van der Waals surface area contributed by atoms with E-state index >= 15 is 0 Å². The van der Waals surface area contributed by atoms with Crippen molar-refractivity contribution in [3.05, 3.63) is 63.8 Å². The summed E-state index contributed by atoms with van der Waals surface area (Å²) in [5.41, 5.74) is 6.36. The molecule has 0 aliphatic carbocycles. The lowest BCUT2D eigenvalue weighted by Gasteiger charge is -2.13. The quantitative estimate of drug-likeness (QED) is 0.694. The van der Waals surface area contributed by atoms with Crippen molar-refractivity contribution in [3.63, 3.8) is 0 Å². The van der Waals surface area contributed by atoms with Crippen LogP contribution in [0.25, 0.3) is 10.9 Å².